The number of hydrogen-bond acceptors (Lipinski definition) is 3. The Bertz CT molecular complexity index is 215. The highest BCUT2D eigenvalue weighted by atomic mass is 16.5. The molecule has 80 valence electrons. The summed E-state index contributed by atoms with van der Waals surface area (Å²) in [5.74, 6) is 0. The van der Waals surface area contributed by atoms with E-state index in [0.717, 1.165) is 12.2 Å². The van der Waals surface area contributed by atoms with Gasteiger partial charge in [0.2, 0.25) is 0 Å². The highest BCUT2D eigenvalue weighted by molar-refractivity contribution is 4.94. The molecular formula is C11H20N2O. The molecule has 0 aliphatic rings. The van der Waals surface area contributed by atoms with Gasteiger partial charge in [0.1, 0.15) is 6.26 Å². The van der Waals surface area contributed by atoms with Gasteiger partial charge in [0.25, 0.3) is 0 Å². The lowest BCUT2D eigenvalue weighted by Crippen LogP contribution is -2.28. The molecule has 0 saturated carbocycles. The highest BCUT2D eigenvalue weighted by Gasteiger charge is 2.06. The summed E-state index contributed by atoms with van der Waals surface area (Å²) in [4.78, 5) is 0. The van der Waals surface area contributed by atoms with Crippen LogP contribution in [-0.4, -0.2) is 11.2 Å². The van der Waals surface area contributed by atoms with Gasteiger partial charge in [-0.2, -0.15) is 0 Å². The first-order valence-electron chi connectivity index (χ1n) is 5.49. The molecule has 1 rings (SSSR count). The molecule has 3 heteroatoms. The molecule has 0 atom stereocenters. The Morgan fingerprint density at radius 2 is 2.07 bits per heavy atom. The summed E-state index contributed by atoms with van der Waals surface area (Å²) in [6, 6.07) is 2.53. The van der Waals surface area contributed by atoms with Gasteiger partial charge in [0.15, 0.2) is 0 Å². The zero-order chi connectivity index (χ0) is 10.2. The van der Waals surface area contributed by atoms with Crippen molar-refractivity contribution in [1.82, 2.24) is 10.5 Å². The van der Waals surface area contributed by atoms with Crippen LogP contribution in [0.15, 0.2) is 16.9 Å². The molecule has 14 heavy (non-hydrogen) atoms. The van der Waals surface area contributed by atoms with Crippen molar-refractivity contribution in [3.8, 4) is 0 Å². The smallest absolute Gasteiger partial charge is 0.124 e. The average Bonchev–Trinajstić information content (AvgIpc) is 2.67. The fraction of sp³-hybridized carbons (Fsp3) is 0.727. The molecule has 3 nitrogen and oxygen atoms in total. The average molecular weight is 196 g/mol. The van der Waals surface area contributed by atoms with Gasteiger partial charge in [0.05, 0.1) is 5.69 Å². The maximum Gasteiger partial charge on any atom is 0.124 e. The molecule has 0 spiro atoms. The minimum absolute atomic E-state index is 0.627. The van der Waals surface area contributed by atoms with Crippen molar-refractivity contribution in [2.24, 2.45) is 0 Å². The van der Waals surface area contributed by atoms with Gasteiger partial charge in [0, 0.05) is 18.7 Å². The summed E-state index contributed by atoms with van der Waals surface area (Å²) in [5.41, 5.74) is 0.988. The molecule has 0 aliphatic carbocycles. The minimum atomic E-state index is 0.627. The topological polar surface area (TPSA) is 38.1 Å². The second kappa shape index (κ2) is 6.60. The largest absolute Gasteiger partial charge is 0.364 e. The van der Waals surface area contributed by atoms with E-state index in [0.29, 0.717) is 6.04 Å². The maximum atomic E-state index is 4.78. The first kappa shape index (κ1) is 11.2. The number of rotatable bonds is 7. The fourth-order valence-electron chi connectivity index (χ4n) is 1.62. The summed E-state index contributed by atoms with van der Waals surface area (Å²) in [6.45, 7) is 5.27. The van der Waals surface area contributed by atoms with E-state index in [1.165, 1.54) is 25.7 Å². The van der Waals surface area contributed by atoms with Crippen LogP contribution in [0, 0.1) is 0 Å². The number of nitrogens with zero attached hydrogens (tertiary/aromatic N) is 1. The van der Waals surface area contributed by atoms with Crippen LogP contribution in [0.4, 0.5) is 0 Å². The molecule has 1 aromatic rings. The summed E-state index contributed by atoms with van der Waals surface area (Å²) >= 11 is 0. The Balaban J connectivity index is 2.25. The first-order chi connectivity index (χ1) is 6.86. The maximum absolute atomic E-state index is 4.78. The van der Waals surface area contributed by atoms with Crippen molar-refractivity contribution in [2.45, 2.75) is 52.1 Å². The summed E-state index contributed by atoms with van der Waals surface area (Å²) in [6.07, 6.45) is 6.57. The minimum Gasteiger partial charge on any atom is -0.364 e. The van der Waals surface area contributed by atoms with Crippen molar-refractivity contribution < 1.29 is 4.52 Å². The van der Waals surface area contributed by atoms with E-state index in [2.05, 4.69) is 24.3 Å². The van der Waals surface area contributed by atoms with E-state index in [1.54, 1.807) is 6.26 Å². The van der Waals surface area contributed by atoms with Crippen LogP contribution in [0.3, 0.4) is 0 Å². The standard InChI is InChI=1S/C11H20N2O/c1-3-5-10(6-4-2)12-9-11-7-8-14-13-11/h7-8,10,12H,3-6,9H2,1-2H3. The Hall–Kier alpha value is -0.830. The molecule has 0 aromatic carbocycles. The van der Waals surface area contributed by atoms with E-state index in [1.807, 2.05) is 6.07 Å². The highest BCUT2D eigenvalue weighted by Crippen LogP contribution is 2.05. The Morgan fingerprint density at radius 1 is 1.36 bits per heavy atom. The quantitative estimate of drug-likeness (QED) is 0.728. The Labute approximate surface area is 85.9 Å². The predicted octanol–water partition coefficient (Wildman–Crippen LogP) is 2.73. The molecule has 0 aliphatic heterocycles. The van der Waals surface area contributed by atoms with Crippen LogP contribution < -0.4 is 5.32 Å². The lowest BCUT2D eigenvalue weighted by Gasteiger charge is -2.16. The molecular weight excluding hydrogens is 176 g/mol. The fourth-order valence-corrected chi connectivity index (χ4v) is 1.62. The number of nitrogens with one attached hydrogen (secondary N) is 1. The molecule has 0 amide bonds. The van der Waals surface area contributed by atoms with Gasteiger partial charge in [-0.25, -0.2) is 0 Å². The molecule has 0 fully saturated rings. The normalized spacial score (nSPS) is 11.1. The van der Waals surface area contributed by atoms with E-state index < -0.39 is 0 Å². The molecule has 1 aromatic heterocycles. The van der Waals surface area contributed by atoms with Crippen LogP contribution in [-0.2, 0) is 6.54 Å². The van der Waals surface area contributed by atoms with E-state index in [4.69, 9.17) is 4.52 Å². The second-order valence-electron chi connectivity index (χ2n) is 3.65. The predicted molar refractivity (Wildman–Crippen MR) is 56.9 cm³/mol. The third-order valence-electron chi connectivity index (χ3n) is 2.34. The molecule has 0 unspecified atom stereocenters. The van der Waals surface area contributed by atoms with Gasteiger partial charge in [-0.05, 0) is 12.8 Å². The zero-order valence-electron chi connectivity index (χ0n) is 9.12. The summed E-state index contributed by atoms with van der Waals surface area (Å²) in [7, 11) is 0. The molecule has 0 saturated heterocycles. The molecule has 1 N–H and O–H groups in total. The van der Waals surface area contributed by atoms with Crippen LogP contribution in [0.2, 0.25) is 0 Å². The lowest BCUT2D eigenvalue weighted by molar-refractivity contribution is 0.396. The van der Waals surface area contributed by atoms with Crippen LogP contribution in [0.1, 0.15) is 45.2 Å². The van der Waals surface area contributed by atoms with Crippen molar-refractivity contribution in [1.29, 1.82) is 0 Å². The lowest BCUT2D eigenvalue weighted by atomic mass is 10.1. The van der Waals surface area contributed by atoms with Crippen molar-refractivity contribution in [2.75, 3.05) is 0 Å². The van der Waals surface area contributed by atoms with Gasteiger partial charge >= 0.3 is 0 Å². The van der Waals surface area contributed by atoms with Gasteiger partial charge in [-0.1, -0.05) is 31.8 Å². The molecule has 0 radical (unpaired) electrons. The van der Waals surface area contributed by atoms with Gasteiger partial charge in [-0.15, -0.1) is 0 Å². The van der Waals surface area contributed by atoms with Gasteiger partial charge < -0.3 is 9.84 Å². The Morgan fingerprint density at radius 3 is 2.57 bits per heavy atom. The first-order valence-corrected chi connectivity index (χ1v) is 5.49. The molecule has 1 heterocycles. The Kier molecular flexibility index (Phi) is 5.30. The number of aromatic nitrogens is 1. The third-order valence-corrected chi connectivity index (χ3v) is 2.34. The molecule has 0 bridgehead atoms. The van der Waals surface area contributed by atoms with Crippen molar-refractivity contribution in [3.63, 3.8) is 0 Å². The number of hydrogen-bond donors (Lipinski definition) is 1. The van der Waals surface area contributed by atoms with Crippen LogP contribution in [0.5, 0.6) is 0 Å². The van der Waals surface area contributed by atoms with E-state index >= 15 is 0 Å². The van der Waals surface area contributed by atoms with Crippen molar-refractivity contribution in [3.05, 3.63) is 18.0 Å². The van der Waals surface area contributed by atoms with E-state index in [9.17, 15) is 0 Å². The van der Waals surface area contributed by atoms with Crippen LogP contribution in [0.25, 0.3) is 0 Å². The van der Waals surface area contributed by atoms with Crippen LogP contribution >= 0.6 is 0 Å². The summed E-state index contributed by atoms with van der Waals surface area (Å²) < 4.78 is 4.78. The van der Waals surface area contributed by atoms with Crippen molar-refractivity contribution >= 4 is 0 Å². The SMILES string of the molecule is CCCC(CCC)NCc1ccon1. The zero-order valence-corrected chi connectivity index (χ0v) is 9.12. The monoisotopic (exact) mass is 196 g/mol. The summed E-state index contributed by atoms with van der Waals surface area (Å²) in [5, 5.41) is 7.37. The second-order valence-corrected chi connectivity index (χ2v) is 3.65. The third kappa shape index (κ3) is 3.92. The van der Waals surface area contributed by atoms with E-state index in [-0.39, 0.29) is 0 Å². The van der Waals surface area contributed by atoms with Gasteiger partial charge in [-0.3, -0.25) is 0 Å².